The summed E-state index contributed by atoms with van der Waals surface area (Å²) in [5.74, 6) is 0.570. The molecule has 1 aliphatic heterocycles. The van der Waals surface area contributed by atoms with Crippen LogP contribution < -0.4 is 0 Å². The van der Waals surface area contributed by atoms with Crippen LogP contribution in [0.15, 0.2) is 18.2 Å². The van der Waals surface area contributed by atoms with Gasteiger partial charge in [0.1, 0.15) is 11.3 Å². The molecule has 4 rings (SSSR count). The van der Waals surface area contributed by atoms with Gasteiger partial charge in [-0.2, -0.15) is 0 Å². The zero-order valence-corrected chi connectivity index (χ0v) is 15.6. The first-order valence-electron chi connectivity index (χ1n) is 9.86. The number of aromatic nitrogens is 3. The average Bonchev–Trinajstić information content (AvgIpc) is 3.04. The van der Waals surface area contributed by atoms with Crippen LogP contribution >= 0.6 is 0 Å². The van der Waals surface area contributed by atoms with Crippen LogP contribution in [0, 0.1) is 11.7 Å². The summed E-state index contributed by atoms with van der Waals surface area (Å²) in [4.78, 5) is 15.3. The van der Waals surface area contributed by atoms with Crippen LogP contribution in [0.5, 0.6) is 0 Å². The second kappa shape index (κ2) is 6.97. The Morgan fingerprint density at radius 3 is 2.92 bits per heavy atom. The molecule has 1 aromatic carbocycles. The monoisotopic (exact) mass is 358 g/mol. The molecular formula is C20H27FN4O. The van der Waals surface area contributed by atoms with Gasteiger partial charge in [-0.25, -0.2) is 9.07 Å². The predicted octanol–water partition coefficient (Wildman–Crippen LogP) is 4.09. The molecule has 2 aliphatic rings. The fourth-order valence-corrected chi connectivity index (χ4v) is 4.93. The van der Waals surface area contributed by atoms with Gasteiger partial charge in [-0.1, -0.05) is 18.1 Å². The molecule has 1 amide bonds. The second-order valence-electron chi connectivity index (χ2n) is 8.06. The zero-order chi connectivity index (χ0) is 18.3. The largest absolute Gasteiger partial charge is 0.337 e. The lowest BCUT2D eigenvalue weighted by molar-refractivity contribution is -0.142. The highest BCUT2D eigenvalue weighted by molar-refractivity contribution is 5.78. The van der Waals surface area contributed by atoms with Crippen LogP contribution in [0.2, 0.25) is 0 Å². The smallest absolute Gasteiger partial charge is 0.225 e. The summed E-state index contributed by atoms with van der Waals surface area (Å²) < 4.78 is 15.1. The number of amides is 1. The van der Waals surface area contributed by atoms with Crippen LogP contribution in [0.4, 0.5) is 4.39 Å². The van der Waals surface area contributed by atoms with Gasteiger partial charge >= 0.3 is 0 Å². The lowest BCUT2D eigenvalue weighted by atomic mass is 9.76. The molecule has 2 fully saturated rings. The number of benzene rings is 1. The van der Waals surface area contributed by atoms with E-state index in [1.165, 1.54) is 37.8 Å². The van der Waals surface area contributed by atoms with Crippen molar-refractivity contribution in [2.24, 2.45) is 5.92 Å². The minimum Gasteiger partial charge on any atom is -0.337 e. The van der Waals surface area contributed by atoms with Gasteiger partial charge in [0.25, 0.3) is 0 Å². The standard InChI is InChI=1S/C20H27FN4O/c1-13-7-8-15-5-3-4-6-18(15)24(13)20(26)11-14(2)25-19-10-9-16(21)12-17(19)22-23-25/h9-10,12-15,18H,3-8,11H2,1-2H3. The van der Waals surface area contributed by atoms with Crippen LogP contribution in [0.1, 0.15) is 64.8 Å². The minimum atomic E-state index is -0.321. The van der Waals surface area contributed by atoms with Gasteiger partial charge in [0.05, 0.1) is 11.6 Å². The van der Waals surface area contributed by atoms with Gasteiger partial charge in [-0.15, -0.1) is 5.10 Å². The number of fused-ring (bicyclic) bond motifs is 2. The molecule has 6 heteroatoms. The van der Waals surface area contributed by atoms with E-state index in [0.717, 1.165) is 18.4 Å². The summed E-state index contributed by atoms with van der Waals surface area (Å²) >= 11 is 0. The lowest BCUT2D eigenvalue weighted by Gasteiger charge is -2.48. The van der Waals surface area contributed by atoms with Crippen LogP contribution in [-0.2, 0) is 4.79 Å². The van der Waals surface area contributed by atoms with E-state index in [2.05, 4.69) is 22.1 Å². The SMILES string of the molecule is CC1CCC2CCCCC2N1C(=O)CC(C)n1nnc2cc(F)ccc21. The third kappa shape index (κ3) is 3.10. The molecule has 0 spiro atoms. The summed E-state index contributed by atoms with van der Waals surface area (Å²) in [6.07, 6.45) is 7.69. The molecule has 2 heterocycles. The Balaban J connectivity index is 1.52. The van der Waals surface area contributed by atoms with E-state index in [0.29, 0.717) is 29.9 Å². The Kier molecular flexibility index (Phi) is 4.67. The average molecular weight is 358 g/mol. The Labute approximate surface area is 153 Å². The maximum Gasteiger partial charge on any atom is 0.225 e. The van der Waals surface area contributed by atoms with E-state index < -0.39 is 0 Å². The van der Waals surface area contributed by atoms with Crippen molar-refractivity contribution < 1.29 is 9.18 Å². The zero-order valence-electron chi connectivity index (χ0n) is 15.6. The molecule has 2 aromatic rings. The molecule has 4 atom stereocenters. The molecule has 4 unspecified atom stereocenters. The van der Waals surface area contributed by atoms with E-state index in [9.17, 15) is 9.18 Å². The van der Waals surface area contributed by atoms with Crippen LogP contribution in [0.25, 0.3) is 11.0 Å². The Bertz CT molecular complexity index is 804. The summed E-state index contributed by atoms with van der Waals surface area (Å²) in [6, 6.07) is 5.10. The quantitative estimate of drug-likeness (QED) is 0.830. The van der Waals surface area contributed by atoms with E-state index in [1.54, 1.807) is 10.7 Å². The van der Waals surface area contributed by atoms with Crippen LogP contribution in [0.3, 0.4) is 0 Å². The second-order valence-corrected chi connectivity index (χ2v) is 8.06. The van der Waals surface area contributed by atoms with Gasteiger partial charge in [-0.3, -0.25) is 4.79 Å². The number of carbonyl (C=O) groups excluding carboxylic acids is 1. The number of carbonyl (C=O) groups is 1. The van der Waals surface area contributed by atoms with Gasteiger partial charge in [0.15, 0.2) is 0 Å². The lowest BCUT2D eigenvalue weighted by Crippen LogP contribution is -2.54. The highest BCUT2D eigenvalue weighted by Gasteiger charge is 2.39. The van der Waals surface area contributed by atoms with Crippen molar-refractivity contribution in [3.8, 4) is 0 Å². The Morgan fingerprint density at radius 2 is 2.08 bits per heavy atom. The maximum absolute atomic E-state index is 13.4. The van der Waals surface area contributed by atoms with E-state index in [-0.39, 0.29) is 17.8 Å². The molecule has 0 radical (unpaired) electrons. The number of piperidine rings is 1. The molecule has 1 aliphatic carbocycles. The molecule has 1 saturated carbocycles. The van der Waals surface area contributed by atoms with Crippen molar-refractivity contribution in [2.45, 2.75) is 76.9 Å². The number of nitrogens with zero attached hydrogens (tertiary/aromatic N) is 4. The van der Waals surface area contributed by atoms with E-state index >= 15 is 0 Å². The first kappa shape index (κ1) is 17.4. The fourth-order valence-electron chi connectivity index (χ4n) is 4.93. The molecular weight excluding hydrogens is 331 g/mol. The van der Waals surface area contributed by atoms with Crippen molar-refractivity contribution in [1.82, 2.24) is 19.9 Å². The van der Waals surface area contributed by atoms with Crippen molar-refractivity contribution in [3.63, 3.8) is 0 Å². The topological polar surface area (TPSA) is 51.0 Å². The highest BCUT2D eigenvalue weighted by atomic mass is 19.1. The van der Waals surface area contributed by atoms with Gasteiger partial charge in [0.2, 0.25) is 5.91 Å². The summed E-state index contributed by atoms with van der Waals surface area (Å²) in [5, 5.41) is 8.21. The van der Waals surface area contributed by atoms with E-state index in [4.69, 9.17) is 0 Å². The normalized spacial score (nSPS) is 27.3. The van der Waals surface area contributed by atoms with Crippen molar-refractivity contribution in [1.29, 1.82) is 0 Å². The molecule has 140 valence electrons. The Hall–Kier alpha value is -1.98. The fraction of sp³-hybridized carbons (Fsp3) is 0.650. The van der Waals surface area contributed by atoms with Gasteiger partial charge in [0, 0.05) is 24.6 Å². The summed E-state index contributed by atoms with van der Waals surface area (Å²) in [7, 11) is 0. The third-order valence-corrected chi connectivity index (χ3v) is 6.26. The molecule has 1 aromatic heterocycles. The summed E-state index contributed by atoms with van der Waals surface area (Å²) in [5.41, 5.74) is 1.30. The number of likely N-dealkylation sites (tertiary alicyclic amines) is 1. The van der Waals surface area contributed by atoms with Crippen molar-refractivity contribution >= 4 is 16.9 Å². The number of halogens is 1. The molecule has 1 saturated heterocycles. The minimum absolute atomic E-state index is 0.103. The van der Waals surface area contributed by atoms with Gasteiger partial charge in [-0.05, 0) is 57.6 Å². The number of hydrogen-bond acceptors (Lipinski definition) is 3. The highest BCUT2D eigenvalue weighted by Crippen LogP contribution is 2.38. The predicted molar refractivity (Wildman–Crippen MR) is 98.1 cm³/mol. The molecule has 0 N–H and O–H groups in total. The molecule has 5 nitrogen and oxygen atoms in total. The first-order chi connectivity index (χ1) is 12.5. The van der Waals surface area contributed by atoms with Crippen molar-refractivity contribution in [2.75, 3.05) is 0 Å². The third-order valence-electron chi connectivity index (χ3n) is 6.26. The molecule has 26 heavy (non-hydrogen) atoms. The van der Waals surface area contributed by atoms with Crippen molar-refractivity contribution in [3.05, 3.63) is 24.0 Å². The number of hydrogen-bond donors (Lipinski definition) is 0. The first-order valence-corrected chi connectivity index (χ1v) is 9.86. The number of rotatable bonds is 3. The van der Waals surface area contributed by atoms with E-state index in [1.807, 2.05) is 6.92 Å². The van der Waals surface area contributed by atoms with Gasteiger partial charge < -0.3 is 4.90 Å². The maximum atomic E-state index is 13.4. The Morgan fingerprint density at radius 1 is 1.27 bits per heavy atom. The van der Waals surface area contributed by atoms with Crippen LogP contribution in [-0.4, -0.2) is 37.9 Å². The summed E-state index contributed by atoms with van der Waals surface area (Å²) in [6.45, 7) is 4.17. The molecule has 0 bridgehead atoms.